The summed E-state index contributed by atoms with van der Waals surface area (Å²) in [7, 11) is 1.61. The lowest BCUT2D eigenvalue weighted by Gasteiger charge is -1.97. The molecule has 1 rings (SSSR count). The minimum Gasteiger partial charge on any atom is -0.495 e. The van der Waals surface area contributed by atoms with Crippen LogP contribution in [0.25, 0.3) is 0 Å². The molecule has 0 aliphatic rings. The van der Waals surface area contributed by atoms with E-state index in [-0.39, 0.29) is 0 Å². The van der Waals surface area contributed by atoms with Crippen LogP contribution < -0.4 is 4.74 Å². The molecule has 0 bridgehead atoms. The largest absolute Gasteiger partial charge is 0.495 e. The number of rotatable bonds is 2. The summed E-state index contributed by atoms with van der Waals surface area (Å²) in [5.74, 6) is 0.730. The van der Waals surface area contributed by atoms with Gasteiger partial charge in [0.05, 0.1) is 25.2 Å². The highest BCUT2D eigenvalue weighted by Gasteiger charge is 1.91. The number of hydrogen-bond donors (Lipinski definition) is 0. The first-order valence-electron chi connectivity index (χ1n) is 3.34. The number of aliphatic imine (C=N–C) groups is 1. The smallest absolute Gasteiger partial charge is 0.139 e. The van der Waals surface area contributed by atoms with E-state index in [4.69, 9.17) is 4.74 Å². The number of aromatic nitrogens is 1. The monoisotopic (exact) mass is 150 g/mol. The Labute approximate surface area is 65.8 Å². The zero-order chi connectivity index (χ0) is 8.10. The number of pyridine rings is 1. The predicted octanol–water partition coefficient (Wildman–Crippen LogP) is 1.81. The van der Waals surface area contributed by atoms with E-state index in [2.05, 4.69) is 9.98 Å². The number of hydrogen-bond acceptors (Lipinski definition) is 3. The Bertz CT molecular complexity index is 258. The first-order valence-corrected chi connectivity index (χ1v) is 3.34. The van der Waals surface area contributed by atoms with Gasteiger partial charge in [0, 0.05) is 12.3 Å². The Hall–Kier alpha value is -1.38. The lowest BCUT2D eigenvalue weighted by Crippen LogP contribution is -1.82. The van der Waals surface area contributed by atoms with Crippen molar-refractivity contribution in [2.24, 2.45) is 4.99 Å². The quantitative estimate of drug-likeness (QED) is 0.602. The third-order valence-corrected chi connectivity index (χ3v) is 1.21. The van der Waals surface area contributed by atoms with Crippen LogP contribution in [0.2, 0.25) is 0 Å². The minimum absolute atomic E-state index is 0.730. The van der Waals surface area contributed by atoms with Crippen molar-refractivity contribution < 1.29 is 4.74 Å². The van der Waals surface area contributed by atoms with Gasteiger partial charge >= 0.3 is 0 Å². The van der Waals surface area contributed by atoms with Gasteiger partial charge in [-0.25, -0.2) is 0 Å². The Balaban J connectivity index is 2.91. The van der Waals surface area contributed by atoms with Gasteiger partial charge in [0.15, 0.2) is 0 Å². The van der Waals surface area contributed by atoms with Crippen LogP contribution in [0.1, 0.15) is 6.92 Å². The van der Waals surface area contributed by atoms with Crippen molar-refractivity contribution in [3.63, 3.8) is 0 Å². The topological polar surface area (TPSA) is 34.5 Å². The van der Waals surface area contributed by atoms with E-state index in [9.17, 15) is 0 Å². The molecule has 1 heterocycles. The van der Waals surface area contributed by atoms with Gasteiger partial charge in [-0.05, 0) is 6.92 Å². The van der Waals surface area contributed by atoms with Crippen molar-refractivity contribution in [3.8, 4) is 5.75 Å². The maximum Gasteiger partial charge on any atom is 0.139 e. The van der Waals surface area contributed by atoms with Crippen LogP contribution in [-0.2, 0) is 0 Å². The molecule has 0 atom stereocenters. The third kappa shape index (κ3) is 2.04. The van der Waals surface area contributed by atoms with Crippen molar-refractivity contribution in [2.75, 3.05) is 7.11 Å². The molecule has 0 fully saturated rings. The molecule has 0 aromatic carbocycles. The molecule has 3 nitrogen and oxygen atoms in total. The summed E-state index contributed by atoms with van der Waals surface area (Å²) in [5, 5.41) is 0. The average molecular weight is 150 g/mol. The van der Waals surface area contributed by atoms with Crippen molar-refractivity contribution in [1.29, 1.82) is 0 Å². The van der Waals surface area contributed by atoms with Crippen molar-refractivity contribution in [1.82, 2.24) is 4.98 Å². The predicted molar refractivity (Wildman–Crippen MR) is 44.6 cm³/mol. The van der Waals surface area contributed by atoms with Gasteiger partial charge in [-0.15, -0.1) is 0 Å². The molecular weight excluding hydrogens is 140 g/mol. The van der Waals surface area contributed by atoms with E-state index in [0.717, 1.165) is 11.4 Å². The van der Waals surface area contributed by atoms with Crippen LogP contribution in [0.15, 0.2) is 23.5 Å². The Morgan fingerprint density at radius 2 is 2.36 bits per heavy atom. The molecule has 1 aromatic heterocycles. The molecule has 11 heavy (non-hydrogen) atoms. The van der Waals surface area contributed by atoms with Crippen LogP contribution in [0, 0.1) is 0 Å². The van der Waals surface area contributed by atoms with Gasteiger partial charge < -0.3 is 4.74 Å². The zero-order valence-electron chi connectivity index (χ0n) is 6.61. The zero-order valence-corrected chi connectivity index (χ0v) is 6.61. The summed E-state index contributed by atoms with van der Waals surface area (Å²) in [4.78, 5) is 7.98. The second-order valence-corrected chi connectivity index (χ2v) is 1.97. The van der Waals surface area contributed by atoms with Crippen LogP contribution in [0.4, 0.5) is 5.69 Å². The molecule has 0 aliphatic heterocycles. The van der Waals surface area contributed by atoms with E-state index in [1.807, 2.05) is 13.0 Å². The van der Waals surface area contributed by atoms with Crippen LogP contribution in [0.5, 0.6) is 5.75 Å². The van der Waals surface area contributed by atoms with Crippen LogP contribution >= 0.6 is 0 Å². The lowest BCUT2D eigenvalue weighted by molar-refractivity contribution is 0.413. The standard InChI is InChI=1S/C8H10N2O/c1-3-10-7-4-8(11-2)6-9-5-7/h3-6H,1-2H3. The second-order valence-electron chi connectivity index (χ2n) is 1.97. The maximum absolute atomic E-state index is 4.96. The van der Waals surface area contributed by atoms with E-state index < -0.39 is 0 Å². The molecule has 0 aliphatic carbocycles. The molecule has 0 amide bonds. The van der Waals surface area contributed by atoms with Gasteiger partial charge in [-0.1, -0.05) is 0 Å². The molecule has 0 spiro atoms. The van der Waals surface area contributed by atoms with Crippen LogP contribution in [0.3, 0.4) is 0 Å². The molecule has 1 aromatic rings. The minimum atomic E-state index is 0.730. The summed E-state index contributed by atoms with van der Waals surface area (Å²) in [5.41, 5.74) is 0.812. The molecule has 3 heteroatoms. The second kappa shape index (κ2) is 3.71. The SMILES string of the molecule is CC=Nc1cncc(OC)c1. The van der Waals surface area contributed by atoms with E-state index in [0.29, 0.717) is 0 Å². The van der Waals surface area contributed by atoms with Crippen molar-refractivity contribution in [2.45, 2.75) is 6.92 Å². The fourth-order valence-corrected chi connectivity index (χ4v) is 0.739. The van der Waals surface area contributed by atoms with E-state index >= 15 is 0 Å². The molecule has 0 saturated heterocycles. The summed E-state index contributed by atoms with van der Waals surface area (Å²) >= 11 is 0. The summed E-state index contributed by atoms with van der Waals surface area (Å²) in [6.45, 7) is 1.86. The highest BCUT2D eigenvalue weighted by Crippen LogP contribution is 2.16. The summed E-state index contributed by atoms with van der Waals surface area (Å²) in [6, 6.07) is 1.83. The normalized spacial score (nSPS) is 10.4. The highest BCUT2D eigenvalue weighted by molar-refractivity contribution is 5.60. The highest BCUT2D eigenvalue weighted by atomic mass is 16.5. The molecule has 0 saturated carbocycles. The number of nitrogens with zero attached hydrogens (tertiary/aromatic N) is 2. The fraction of sp³-hybridized carbons (Fsp3) is 0.250. The van der Waals surface area contributed by atoms with E-state index in [1.54, 1.807) is 25.7 Å². The van der Waals surface area contributed by atoms with Crippen molar-refractivity contribution in [3.05, 3.63) is 18.5 Å². The Kier molecular flexibility index (Phi) is 2.60. The Morgan fingerprint density at radius 3 is 3.00 bits per heavy atom. The van der Waals surface area contributed by atoms with Gasteiger partial charge in [-0.2, -0.15) is 0 Å². The van der Waals surface area contributed by atoms with Gasteiger partial charge in [0.2, 0.25) is 0 Å². The van der Waals surface area contributed by atoms with E-state index in [1.165, 1.54) is 0 Å². The molecule has 0 N–H and O–H groups in total. The van der Waals surface area contributed by atoms with Crippen molar-refractivity contribution >= 4 is 11.9 Å². The average Bonchev–Trinajstić information content (AvgIpc) is 2.06. The first kappa shape index (κ1) is 7.72. The lowest BCUT2D eigenvalue weighted by atomic mass is 10.4. The van der Waals surface area contributed by atoms with Gasteiger partial charge in [-0.3, -0.25) is 9.98 Å². The third-order valence-electron chi connectivity index (χ3n) is 1.21. The fourth-order valence-electron chi connectivity index (χ4n) is 0.739. The first-order chi connectivity index (χ1) is 5.36. The molecule has 0 radical (unpaired) electrons. The summed E-state index contributed by atoms with van der Waals surface area (Å²) in [6.07, 6.45) is 5.05. The maximum atomic E-state index is 4.96. The number of ether oxygens (including phenoxy) is 1. The molecule has 0 unspecified atom stereocenters. The van der Waals surface area contributed by atoms with Gasteiger partial charge in [0.25, 0.3) is 0 Å². The van der Waals surface area contributed by atoms with Crippen LogP contribution in [-0.4, -0.2) is 18.3 Å². The molecule has 58 valence electrons. The summed E-state index contributed by atoms with van der Waals surface area (Å²) < 4.78 is 4.96. The molecular formula is C8H10N2O. The van der Waals surface area contributed by atoms with Gasteiger partial charge in [0.1, 0.15) is 5.75 Å². The number of methoxy groups -OCH3 is 1. The Morgan fingerprint density at radius 1 is 1.55 bits per heavy atom.